The molecule has 1 atom stereocenters. The van der Waals surface area contributed by atoms with E-state index in [9.17, 15) is 9.59 Å². The third-order valence-corrected chi connectivity index (χ3v) is 3.05. The van der Waals surface area contributed by atoms with Crippen molar-refractivity contribution in [2.75, 3.05) is 6.61 Å². The van der Waals surface area contributed by atoms with Crippen LogP contribution < -0.4 is 0 Å². The molecular weight excluding hydrogens is 228 g/mol. The van der Waals surface area contributed by atoms with Crippen LogP contribution in [0.4, 0.5) is 0 Å². The van der Waals surface area contributed by atoms with E-state index in [1.54, 1.807) is 6.92 Å². The fraction of sp³-hybridized carbons (Fsp3) is 0.333. The highest BCUT2D eigenvalue weighted by atomic mass is 16.5. The summed E-state index contributed by atoms with van der Waals surface area (Å²) >= 11 is 0. The first-order valence-corrected chi connectivity index (χ1v) is 6.19. The highest BCUT2D eigenvalue weighted by molar-refractivity contribution is 6.12. The summed E-state index contributed by atoms with van der Waals surface area (Å²) in [5.41, 5.74) is 1.71. The van der Waals surface area contributed by atoms with Gasteiger partial charge in [0.05, 0.1) is 6.61 Å². The molecule has 3 heteroatoms. The van der Waals surface area contributed by atoms with E-state index in [0.717, 1.165) is 11.1 Å². The Morgan fingerprint density at radius 1 is 1.39 bits per heavy atom. The van der Waals surface area contributed by atoms with Crippen LogP contribution in [0.1, 0.15) is 25.3 Å². The average molecular weight is 244 g/mol. The molecule has 0 radical (unpaired) electrons. The van der Waals surface area contributed by atoms with Crippen LogP contribution in [0.5, 0.6) is 0 Å². The Kier molecular flexibility index (Phi) is 3.92. The van der Waals surface area contributed by atoms with Crippen LogP contribution in [-0.4, -0.2) is 18.4 Å². The lowest BCUT2D eigenvalue weighted by molar-refractivity contribution is -0.150. The van der Waals surface area contributed by atoms with Crippen molar-refractivity contribution in [3.63, 3.8) is 0 Å². The van der Waals surface area contributed by atoms with Crippen LogP contribution in [0.3, 0.4) is 0 Å². The van der Waals surface area contributed by atoms with E-state index in [2.05, 4.69) is 0 Å². The van der Waals surface area contributed by atoms with E-state index < -0.39 is 5.92 Å². The first-order chi connectivity index (χ1) is 8.72. The second kappa shape index (κ2) is 5.63. The Morgan fingerprint density at radius 2 is 2.11 bits per heavy atom. The smallest absolute Gasteiger partial charge is 0.316 e. The minimum absolute atomic E-state index is 0.0858. The molecule has 1 aliphatic rings. The first-order valence-electron chi connectivity index (χ1n) is 6.19. The summed E-state index contributed by atoms with van der Waals surface area (Å²) in [7, 11) is 0. The zero-order valence-electron chi connectivity index (χ0n) is 10.4. The van der Waals surface area contributed by atoms with Gasteiger partial charge in [0.2, 0.25) is 0 Å². The summed E-state index contributed by atoms with van der Waals surface area (Å²) in [6.45, 7) is 2.07. The van der Waals surface area contributed by atoms with Gasteiger partial charge in [0, 0.05) is 0 Å². The SMILES string of the molecule is CCOC(=O)C1CCC(=Cc2ccccc2)C1=O. The maximum atomic E-state index is 12.1. The third kappa shape index (κ3) is 2.67. The number of carbonyl (C=O) groups is 2. The molecule has 0 aliphatic heterocycles. The Balaban J connectivity index is 2.12. The predicted molar refractivity (Wildman–Crippen MR) is 68.8 cm³/mol. The van der Waals surface area contributed by atoms with Gasteiger partial charge in [0.25, 0.3) is 0 Å². The number of hydrogen-bond donors (Lipinski definition) is 0. The summed E-state index contributed by atoms with van der Waals surface area (Å²) < 4.78 is 4.91. The average Bonchev–Trinajstić information content (AvgIpc) is 2.73. The highest BCUT2D eigenvalue weighted by Gasteiger charge is 2.35. The van der Waals surface area contributed by atoms with Crippen LogP contribution in [-0.2, 0) is 14.3 Å². The van der Waals surface area contributed by atoms with Gasteiger partial charge in [-0.1, -0.05) is 30.3 Å². The molecule has 0 N–H and O–H groups in total. The van der Waals surface area contributed by atoms with Gasteiger partial charge in [-0.15, -0.1) is 0 Å². The number of benzene rings is 1. The van der Waals surface area contributed by atoms with Gasteiger partial charge in [-0.3, -0.25) is 9.59 Å². The topological polar surface area (TPSA) is 43.4 Å². The van der Waals surface area contributed by atoms with E-state index >= 15 is 0 Å². The van der Waals surface area contributed by atoms with Crippen molar-refractivity contribution in [1.29, 1.82) is 0 Å². The van der Waals surface area contributed by atoms with Gasteiger partial charge < -0.3 is 4.74 Å². The predicted octanol–water partition coefficient (Wildman–Crippen LogP) is 2.61. The second-order valence-corrected chi connectivity index (χ2v) is 4.29. The molecule has 1 aliphatic carbocycles. The maximum Gasteiger partial charge on any atom is 0.316 e. The summed E-state index contributed by atoms with van der Waals surface area (Å²) in [4.78, 5) is 23.6. The summed E-state index contributed by atoms with van der Waals surface area (Å²) in [6.07, 6.45) is 3.08. The van der Waals surface area contributed by atoms with Crippen LogP contribution in [0.15, 0.2) is 35.9 Å². The van der Waals surface area contributed by atoms with Crippen molar-refractivity contribution in [2.24, 2.45) is 5.92 Å². The molecule has 0 aromatic heterocycles. The standard InChI is InChI=1S/C15H16O3/c1-2-18-15(17)13-9-8-12(14(13)16)10-11-6-4-3-5-7-11/h3-7,10,13H,2,8-9H2,1H3. The van der Waals surface area contributed by atoms with Gasteiger partial charge >= 0.3 is 5.97 Å². The zero-order chi connectivity index (χ0) is 13.0. The second-order valence-electron chi connectivity index (χ2n) is 4.29. The molecule has 1 aromatic carbocycles. The molecule has 1 aromatic rings. The normalized spacial score (nSPS) is 21.3. The molecule has 0 spiro atoms. The highest BCUT2D eigenvalue weighted by Crippen LogP contribution is 2.29. The van der Waals surface area contributed by atoms with Crippen molar-refractivity contribution < 1.29 is 14.3 Å². The molecule has 1 unspecified atom stereocenters. The lowest BCUT2D eigenvalue weighted by Crippen LogP contribution is -2.21. The molecule has 18 heavy (non-hydrogen) atoms. The van der Waals surface area contributed by atoms with Gasteiger partial charge in [-0.25, -0.2) is 0 Å². The number of ether oxygens (including phenoxy) is 1. The van der Waals surface area contributed by atoms with Crippen molar-refractivity contribution in [3.05, 3.63) is 41.5 Å². The van der Waals surface area contributed by atoms with Crippen molar-refractivity contribution >= 4 is 17.8 Å². The monoisotopic (exact) mass is 244 g/mol. The summed E-state index contributed by atoms with van der Waals surface area (Å²) in [6, 6.07) is 9.67. The molecule has 0 saturated heterocycles. The van der Waals surface area contributed by atoms with Crippen LogP contribution in [0.2, 0.25) is 0 Å². The number of hydrogen-bond acceptors (Lipinski definition) is 3. The number of rotatable bonds is 3. The molecule has 1 saturated carbocycles. The lowest BCUT2D eigenvalue weighted by atomic mass is 10.1. The molecule has 0 amide bonds. The molecule has 0 heterocycles. The third-order valence-electron chi connectivity index (χ3n) is 3.05. The summed E-state index contributed by atoms with van der Waals surface area (Å²) in [5.74, 6) is -1.07. The fourth-order valence-electron chi connectivity index (χ4n) is 2.14. The van der Waals surface area contributed by atoms with E-state index in [-0.39, 0.29) is 11.8 Å². The number of allylic oxidation sites excluding steroid dienone is 1. The molecule has 3 nitrogen and oxygen atoms in total. The summed E-state index contributed by atoms with van der Waals surface area (Å²) in [5, 5.41) is 0. The number of Topliss-reactive ketones (excluding diaryl/α,β-unsaturated/α-hetero) is 1. The Hall–Kier alpha value is -1.90. The Labute approximate surface area is 106 Å². The van der Waals surface area contributed by atoms with E-state index in [0.29, 0.717) is 19.4 Å². The first kappa shape index (κ1) is 12.6. The molecule has 0 bridgehead atoms. The fourth-order valence-corrected chi connectivity index (χ4v) is 2.14. The van der Waals surface area contributed by atoms with Crippen molar-refractivity contribution in [1.82, 2.24) is 0 Å². The van der Waals surface area contributed by atoms with Crippen LogP contribution in [0, 0.1) is 5.92 Å². The van der Waals surface area contributed by atoms with Crippen molar-refractivity contribution in [2.45, 2.75) is 19.8 Å². The Morgan fingerprint density at radius 3 is 2.78 bits per heavy atom. The van der Waals surface area contributed by atoms with Gasteiger partial charge in [0.15, 0.2) is 5.78 Å². The zero-order valence-corrected chi connectivity index (χ0v) is 10.4. The number of esters is 1. The largest absolute Gasteiger partial charge is 0.465 e. The van der Waals surface area contributed by atoms with Crippen LogP contribution in [0.25, 0.3) is 6.08 Å². The minimum atomic E-state index is -0.597. The van der Waals surface area contributed by atoms with E-state index in [1.165, 1.54) is 0 Å². The maximum absolute atomic E-state index is 12.1. The van der Waals surface area contributed by atoms with Gasteiger partial charge in [-0.2, -0.15) is 0 Å². The molecule has 1 fully saturated rings. The molecule has 2 rings (SSSR count). The van der Waals surface area contributed by atoms with Crippen molar-refractivity contribution in [3.8, 4) is 0 Å². The van der Waals surface area contributed by atoms with Gasteiger partial charge in [-0.05, 0) is 37.0 Å². The molecular formula is C15H16O3. The number of ketones is 1. The Bertz CT molecular complexity index is 474. The molecule has 94 valence electrons. The minimum Gasteiger partial charge on any atom is -0.465 e. The van der Waals surface area contributed by atoms with E-state index in [1.807, 2.05) is 36.4 Å². The van der Waals surface area contributed by atoms with Gasteiger partial charge in [0.1, 0.15) is 5.92 Å². The van der Waals surface area contributed by atoms with E-state index in [4.69, 9.17) is 4.74 Å². The number of carbonyl (C=O) groups excluding carboxylic acids is 2. The quantitative estimate of drug-likeness (QED) is 0.466. The van der Waals surface area contributed by atoms with Crippen LogP contribution >= 0.6 is 0 Å². The lowest BCUT2D eigenvalue weighted by Gasteiger charge is -2.05.